The van der Waals surface area contributed by atoms with Crippen molar-refractivity contribution < 1.29 is 21.3 Å². The van der Waals surface area contributed by atoms with Crippen LogP contribution < -0.4 is 0 Å². The Hall–Kier alpha value is -2.15. The molecule has 0 N–H and O–H groups in total. The number of sulfone groups is 1. The fraction of sp³-hybridized carbons (Fsp3) is 0.312. The summed E-state index contributed by atoms with van der Waals surface area (Å²) in [5.41, 5.74) is 0.220. The van der Waals surface area contributed by atoms with E-state index in [0.29, 0.717) is 5.76 Å². The maximum Gasteiger partial charge on any atom is 0.243 e. The van der Waals surface area contributed by atoms with Crippen LogP contribution in [0.3, 0.4) is 0 Å². The molecule has 0 spiro atoms. The van der Waals surface area contributed by atoms with Gasteiger partial charge in [-0.15, -0.1) is 0 Å². The van der Waals surface area contributed by atoms with Gasteiger partial charge in [-0.3, -0.25) is 0 Å². The van der Waals surface area contributed by atoms with Gasteiger partial charge in [-0.05, 0) is 36.8 Å². The molecule has 1 aliphatic heterocycles. The summed E-state index contributed by atoms with van der Waals surface area (Å²) in [6.07, 6.45) is 1.67. The monoisotopic (exact) mass is 380 g/mol. The van der Waals surface area contributed by atoms with Crippen LogP contribution >= 0.6 is 0 Å². The topological polar surface area (TPSA) is 108 Å². The minimum absolute atomic E-state index is 0.0394. The molecule has 2 heterocycles. The molecule has 9 heteroatoms. The molecule has 0 amide bonds. The van der Waals surface area contributed by atoms with Gasteiger partial charge in [0, 0.05) is 6.04 Å². The van der Waals surface area contributed by atoms with E-state index in [2.05, 4.69) is 0 Å². The molecule has 1 aromatic carbocycles. The van der Waals surface area contributed by atoms with Crippen molar-refractivity contribution in [1.29, 1.82) is 5.26 Å². The van der Waals surface area contributed by atoms with Crippen LogP contribution in [0.2, 0.25) is 0 Å². The molecule has 25 heavy (non-hydrogen) atoms. The molecule has 0 unspecified atom stereocenters. The zero-order valence-corrected chi connectivity index (χ0v) is 14.8. The summed E-state index contributed by atoms with van der Waals surface area (Å²) in [6, 6.07) is 10.2. The molecule has 0 saturated carbocycles. The summed E-state index contributed by atoms with van der Waals surface area (Å²) in [4.78, 5) is -0.0394. The van der Waals surface area contributed by atoms with Gasteiger partial charge < -0.3 is 4.42 Å². The molecule has 1 saturated heterocycles. The smallest absolute Gasteiger partial charge is 0.243 e. The van der Waals surface area contributed by atoms with Crippen molar-refractivity contribution in [3.8, 4) is 6.07 Å². The minimum Gasteiger partial charge on any atom is -0.468 e. The predicted octanol–water partition coefficient (Wildman–Crippen LogP) is 1.53. The molecular formula is C16H16N2O5S2. The molecule has 0 radical (unpaired) electrons. The maximum absolute atomic E-state index is 13.1. The fourth-order valence-corrected chi connectivity index (χ4v) is 6.32. The van der Waals surface area contributed by atoms with Crippen molar-refractivity contribution in [3.63, 3.8) is 0 Å². The second kappa shape index (κ2) is 6.63. The van der Waals surface area contributed by atoms with Crippen LogP contribution in [0.4, 0.5) is 0 Å². The number of nitrogens with zero attached hydrogens (tertiary/aromatic N) is 2. The average Bonchev–Trinajstić information content (AvgIpc) is 3.21. The Bertz CT molecular complexity index is 1010. The van der Waals surface area contributed by atoms with Crippen LogP contribution in [0.1, 0.15) is 17.7 Å². The second-order valence-corrected chi connectivity index (χ2v) is 9.95. The van der Waals surface area contributed by atoms with Crippen molar-refractivity contribution in [2.24, 2.45) is 0 Å². The van der Waals surface area contributed by atoms with E-state index in [-0.39, 0.29) is 34.9 Å². The molecule has 132 valence electrons. The molecule has 0 aliphatic carbocycles. The van der Waals surface area contributed by atoms with Gasteiger partial charge in [-0.2, -0.15) is 9.57 Å². The molecule has 2 aromatic rings. The summed E-state index contributed by atoms with van der Waals surface area (Å²) in [7, 11) is -7.25. The van der Waals surface area contributed by atoms with Gasteiger partial charge in [0.1, 0.15) is 5.76 Å². The standard InChI is InChI=1S/C16H16N2O5S2/c17-10-13-3-1-5-16(9-13)25(21,22)18(11-15-4-2-7-23-15)14-6-8-24(19,20)12-14/h1-5,7,9,14H,6,8,11-12H2/t14-/m0/s1. The first-order valence-electron chi connectivity index (χ1n) is 7.57. The van der Waals surface area contributed by atoms with E-state index in [1.807, 2.05) is 6.07 Å². The van der Waals surface area contributed by atoms with Crippen molar-refractivity contribution in [2.75, 3.05) is 11.5 Å². The molecule has 7 nitrogen and oxygen atoms in total. The largest absolute Gasteiger partial charge is 0.468 e. The summed E-state index contributed by atoms with van der Waals surface area (Å²) in [5.74, 6) is 0.162. The first kappa shape index (κ1) is 17.7. The van der Waals surface area contributed by atoms with Crippen LogP contribution in [0.15, 0.2) is 52.0 Å². The number of furan rings is 1. The van der Waals surface area contributed by atoms with E-state index < -0.39 is 25.9 Å². The molecule has 1 aromatic heterocycles. The van der Waals surface area contributed by atoms with Crippen molar-refractivity contribution >= 4 is 19.9 Å². The lowest BCUT2D eigenvalue weighted by atomic mass is 10.2. The summed E-state index contributed by atoms with van der Waals surface area (Å²) in [5, 5.41) is 9.00. The number of sulfonamides is 1. The van der Waals surface area contributed by atoms with Crippen LogP contribution in [0.25, 0.3) is 0 Å². The Balaban J connectivity index is 2.02. The molecular weight excluding hydrogens is 364 g/mol. The molecule has 1 fully saturated rings. The Morgan fingerprint density at radius 3 is 2.68 bits per heavy atom. The van der Waals surface area contributed by atoms with Crippen molar-refractivity contribution in [1.82, 2.24) is 4.31 Å². The van der Waals surface area contributed by atoms with Gasteiger partial charge in [0.25, 0.3) is 0 Å². The van der Waals surface area contributed by atoms with Crippen LogP contribution in [0, 0.1) is 11.3 Å². The van der Waals surface area contributed by atoms with Crippen molar-refractivity contribution in [2.45, 2.75) is 23.9 Å². The zero-order valence-electron chi connectivity index (χ0n) is 13.2. The van der Waals surface area contributed by atoms with Gasteiger partial charge in [0.15, 0.2) is 9.84 Å². The molecule has 3 rings (SSSR count). The van der Waals surface area contributed by atoms with Gasteiger partial charge >= 0.3 is 0 Å². The lowest BCUT2D eigenvalue weighted by Gasteiger charge is -2.26. The maximum atomic E-state index is 13.1. The first-order valence-corrected chi connectivity index (χ1v) is 10.8. The third-order valence-corrected chi connectivity index (χ3v) is 7.72. The van der Waals surface area contributed by atoms with Gasteiger partial charge in [0.05, 0.1) is 40.8 Å². The van der Waals surface area contributed by atoms with Crippen molar-refractivity contribution in [3.05, 3.63) is 54.0 Å². The molecule has 1 atom stereocenters. The molecule has 1 aliphatic rings. The van der Waals surface area contributed by atoms with E-state index >= 15 is 0 Å². The van der Waals surface area contributed by atoms with Gasteiger partial charge in [-0.1, -0.05) is 6.07 Å². The minimum atomic E-state index is -3.99. The number of hydrogen-bond donors (Lipinski definition) is 0. The first-order chi connectivity index (χ1) is 11.8. The Morgan fingerprint density at radius 2 is 2.08 bits per heavy atom. The van der Waals surface area contributed by atoms with Crippen LogP contribution in [0.5, 0.6) is 0 Å². The third-order valence-electron chi connectivity index (χ3n) is 4.08. The lowest BCUT2D eigenvalue weighted by Crippen LogP contribution is -2.40. The van der Waals surface area contributed by atoms with E-state index in [4.69, 9.17) is 9.68 Å². The highest BCUT2D eigenvalue weighted by Gasteiger charge is 2.39. The van der Waals surface area contributed by atoms with E-state index in [9.17, 15) is 16.8 Å². The number of nitriles is 1. The lowest BCUT2D eigenvalue weighted by molar-refractivity contribution is 0.307. The summed E-state index contributed by atoms with van der Waals surface area (Å²) >= 11 is 0. The van der Waals surface area contributed by atoms with E-state index in [0.717, 1.165) is 4.31 Å². The zero-order chi connectivity index (χ0) is 18.1. The Morgan fingerprint density at radius 1 is 1.28 bits per heavy atom. The molecule has 0 bridgehead atoms. The van der Waals surface area contributed by atoms with E-state index in [1.54, 1.807) is 12.1 Å². The highest BCUT2D eigenvalue weighted by atomic mass is 32.2. The Kier molecular flexibility index (Phi) is 4.69. The number of benzene rings is 1. The number of rotatable bonds is 5. The van der Waals surface area contributed by atoms with Crippen LogP contribution in [-0.4, -0.2) is 38.7 Å². The highest BCUT2D eigenvalue weighted by molar-refractivity contribution is 7.92. The summed E-state index contributed by atoms with van der Waals surface area (Å²) in [6.45, 7) is -0.0632. The normalized spacial score (nSPS) is 19.8. The van der Waals surface area contributed by atoms with Gasteiger partial charge in [-0.25, -0.2) is 16.8 Å². The second-order valence-electron chi connectivity index (χ2n) is 5.83. The van der Waals surface area contributed by atoms with Crippen LogP contribution in [-0.2, 0) is 26.4 Å². The third kappa shape index (κ3) is 3.76. The predicted molar refractivity (Wildman–Crippen MR) is 89.7 cm³/mol. The quantitative estimate of drug-likeness (QED) is 0.778. The Labute approximate surface area is 146 Å². The average molecular weight is 380 g/mol. The van der Waals surface area contributed by atoms with Gasteiger partial charge in [0.2, 0.25) is 10.0 Å². The van der Waals surface area contributed by atoms with E-state index in [1.165, 1.54) is 30.5 Å². The fourth-order valence-electron chi connectivity index (χ4n) is 2.83. The highest BCUT2D eigenvalue weighted by Crippen LogP contribution is 2.27. The summed E-state index contributed by atoms with van der Waals surface area (Å²) < 4.78 is 56.3. The SMILES string of the molecule is N#Cc1cccc(S(=O)(=O)N(Cc2ccco2)[C@H]2CCS(=O)(=O)C2)c1. The number of hydrogen-bond acceptors (Lipinski definition) is 6.